The quantitative estimate of drug-likeness (QED) is 0.490. The zero-order chi connectivity index (χ0) is 9.07. The van der Waals surface area contributed by atoms with Gasteiger partial charge >= 0.3 is 0 Å². The van der Waals surface area contributed by atoms with Crippen molar-refractivity contribution in [2.75, 3.05) is 6.61 Å². The van der Waals surface area contributed by atoms with Crippen LogP contribution in [0.5, 0.6) is 0 Å². The molecule has 0 rings (SSSR count). The van der Waals surface area contributed by atoms with Crippen molar-refractivity contribution in [2.45, 2.75) is 38.8 Å². The summed E-state index contributed by atoms with van der Waals surface area (Å²) in [5.41, 5.74) is -0.518. The molecule has 2 atom stereocenters. The third-order valence-corrected chi connectivity index (χ3v) is 0.991. The van der Waals surface area contributed by atoms with Crippen molar-refractivity contribution >= 4 is 0 Å². The summed E-state index contributed by atoms with van der Waals surface area (Å²) >= 11 is 0. The van der Waals surface area contributed by atoms with E-state index in [-0.39, 0.29) is 0 Å². The van der Waals surface area contributed by atoms with Crippen LogP contribution in [0, 0.1) is 0 Å². The molecule has 0 saturated carbocycles. The molecule has 0 aromatic carbocycles. The molecule has 11 heavy (non-hydrogen) atoms. The van der Waals surface area contributed by atoms with Gasteiger partial charge in [0.2, 0.25) is 0 Å². The number of aliphatic hydroxyl groups excluding tert-OH is 3. The largest absolute Gasteiger partial charge is 0.393 e. The average molecular weight is 164 g/mol. The normalized spacial score (nSPS) is 18.0. The van der Waals surface area contributed by atoms with E-state index in [9.17, 15) is 0 Å². The van der Waals surface area contributed by atoms with E-state index < -0.39 is 24.6 Å². The van der Waals surface area contributed by atoms with Crippen LogP contribution in [0.25, 0.3) is 0 Å². The van der Waals surface area contributed by atoms with Gasteiger partial charge < -0.3 is 20.1 Å². The topological polar surface area (TPSA) is 69.9 Å². The summed E-state index contributed by atoms with van der Waals surface area (Å²) in [7, 11) is 0. The molecule has 2 unspecified atom stereocenters. The highest BCUT2D eigenvalue weighted by Gasteiger charge is 2.22. The SMILES string of the molecule is CC(C)(C)OC(O)C(O)CO. The van der Waals surface area contributed by atoms with E-state index in [0.29, 0.717) is 0 Å². The maximum absolute atomic E-state index is 9.02. The molecule has 0 saturated heterocycles. The molecule has 4 heteroatoms. The zero-order valence-electron chi connectivity index (χ0n) is 7.11. The second-order valence-corrected chi connectivity index (χ2v) is 3.37. The van der Waals surface area contributed by atoms with E-state index in [0.717, 1.165) is 0 Å². The van der Waals surface area contributed by atoms with Crippen molar-refractivity contribution in [3.63, 3.8) is 0 Å². The summed E-state index contributed by atoms with van der Waals surface area (Å²) < 4.78 is 4.94. The van der Waals surface area contributed by atoms with Crippen LogP contribution in [0.15, 0.2) is 0 Å². The van der Waals surface area contributed by atoms with Crippen molar-refractivity contribution in [1.82, 2.24) is 0 Å². The predicted octanol–water partition coefficient (Wildman–Crippen LogP) is -0.527. The lowest BCUT2D eigenvalue weighted by atomic mass is 10.2. The predicted molar refractivity (Wildman–Crippen MR) is 39.9 cm³/mol. The minimum atomic E-state index is -1.32. The summed E-state index contributed by atoms with van der Waals surface area (Å²) in [4.78, 5) is 0. The number of ether oxygens (including phenoxy) is 1. The van der Waals surface area contributed by atoms with E-state index in [1.54, 1.807) is 20.8 Å². The van der Waals surface area contributed by atoms with E-state index in [1.165, 1.54) is 0 Å². The zero-order valence-corrected chi connectivity index (χ0v) is 7.11. The van der Waals surface area contributed by atoms with Crippen molar-refractivity contribution < 1.29 is 20.1 Å². The van der Waals surface area contributed by atoms with E-state index in [2.05, 4.69) is 0 Å². The summed E-state index contributed by atoms with van der Waals surface area (Å²) in [6, 6.07) is 0. The Morgan fingerprint density at radius 1 is 1.27 bits per heavy atom. The van der Waals surface area contributed by atoms with Crippen LogP contribution in [-0.2, 0) is 4.74 Å². The first-order valence-corrected chi connectivity index (χ1v) is 3.51. The van der Waals surface area contributed by atoms with Gasteiger partial charge in [0, 0.05) is 0 Å². The van der Waals surface area contributed by atoms with Crippen LogP contribution in [0.1, 0.15) is 20.8 Å². The monoisotopic (exact) mass is 164 g/mol. The molecule has 0 aromatic heterocycles. The second-order valence-electron chi connectivity index (χ2n) is 3.37. The first-order valence-electron chi connectivity index (χ1n) is 3.51. The minimum Gasteiger partial charge on any atom is -0.393 e. The van der Waals surface area contributed by atoms with Gasteiger partial charge in [0.25, 0.3) is 0 Å². The fourth-order valence-corrected chi connectivity index (χ4v) is 0.531. The Balaban J connectivity index is 3.77. The molecular weight excluding hydrogens is 148 g/mol. The number of hydrogen-bond acceptors (Lipinski definition) is 4. The van der Waals surface area contributed by atoms with Gasteiger partial charge in [-0.2, -0.15) is 0 Å². The van der Waals surface area contributed by atoms with Gasteiger partial charge in [0.05, 0.1) is 12.2 Å². The number of aliphatic hydroxyl groups is 3. The molecule has 0 aliphatic rings. The molecule has 68 valence electrons. The number of hydrogen-bond donors (Lipinski definition) is 3. The molecule has 0 spiro atoms. The average Bonchev–Trinajstić information content (AvgIpc) is 1.82. The number of rotatable bonds is 3. The Morgan fingerprint density at radius 2 is 1.73 bits per heavy atom. The van der Waals surface area contributed by atoms with Crippen molar-refractivity contribution in [3.05, 3.63) is 0 Å². The van der Waals surface area contributed by atoms with Gasteiger partial charge in [0.1, 0.15) is 6.10 Å². The van der Waals surface area contributed by atoms with Crippen LogP contribution in [0.4, 0.5) is 0 Å². The summed E-state index contributed by atoms with van der Waals surface area (Å²) in [5, 5.41) is 26.3. The van der Waals surface area contributed by atoms with Gasteiger partial charge in [-0.1, -0.05) is 0 Å². The first-order chi connectivity index (χ1) is 4.87. The Morgan fingerprint density at radius 3 is 2.00 bits per heavy atom. The lowest BCUT2D eigenvalue weighted by Gasteiger charge is -2.26. The molecular formula is C7H16O4. The van der Waals surface area contributed by atoms with Crippen molar-refractivity contribution in [3.8, 4) is 0 Å². The second kappa shape index (κ2) is 4.01. The molecule has 0 aliphatic carbocycles. The van der Waals surface area contributed by atoms with Crippen LogP contribution < -0.4 is 0 Å². The smallest absolute Gasteiger partial charge is 0.183 e. The van der Waals surface area contributed by atoms with Gasteiger partial charge in [0.15, 0.2) is 6.29 Å². The molecule has 0 aromatic rings. The lowest BCUT2D eigenvalue weighted by molar-refractivity contribution is -0.216. The Labute approximate surface area is 66.4 Å². The Bertz CT molecular complexity index is 107. The molecule has 0 bridgehead atoms. The first kappa shape index (κ1) is 10.8. The fourth-order valence-electron chi connectivity index (χ4n) is 0.531. The van der Waals surface area contributed by atoms with Crippen LogP contribution in [0.3, 0.4) is 0 Å². The van der Waals surface area contributed by atoms with E-state index >= 15 is 0 Å². The standard InChI is InChI=1S/C7H16O4/c1-7(2,3)11-6(10)5(9)4-8/h5-6,8-10H,4H2,1-3H3. The maximum atomic E-state index is 9.02. The molecule has 3 N–H and O–H groups in total. The highest BCUT2D eigenvalue weighted by molar-refractivity contribution is 4.64. The minimum absolute atomic E-state index is 0.503. The van der Waals surface area contributed by atoms with Gasteiger partial charge in [-0.15, -0.1) is 0 Å². The Kier molecular flexibility index (Phi) is 3.96. The fraction of sp³-hybridized carbons (Fsp3) is 1.00. The van der Waals surface area contributed by atoms with Crippen molar-refractivity contribution in [1.29, 1.82) is 0 Å². The van der Waals surface area contributed by atoms with Gasteiger partial charge in [-0.25, -0.2) is 0 Å². The summed E-state index contributed by atoms with van der Waals surface area (Å²) in [5.74, 6) is 0. The highest BCUT2D eigenvalue weighted by Crippen LogP contribution is 2.11. The van der Waals surface area contributed by atoms with Gasteiger partial charge in [-0.3, -0.25) is 0 Å². The third kappa shape index (κ3) is 5.15. The van der Waals surface area contributed by atoms with Crippen molar-refractivity contribution in [2.24, 2.45) is 0 Å². The van der Waals surface area contributed by atoms with Gasteiger partial charge in [-0.05, 0) is 20.8 Å². The third-order valence-electron chi connectivity index (χ3n) is 0.991. The lowest BCUT2D eigenvalue weighted by Crippen LogP contribution is -2.37. The molecule has 0 fully saturated rings. The van der Waals surface area contributed by atoms with E-state index in [4.69, 9.17) is 20.1 Å². The highest BCUT2D eigenvalue weighted by atomic mass is 16.6. The van der Waals surface area contributed by atoms with Crippen LogP contribution in [0.2, 0.25) is 0 Å². The van der Waals surface area contributed by atoms with Crippen LogP contribution >= 0.6 is 0 Å². The summed E-state index contributed by atoms with van der Waals surface area (Å²) in [6.07, 6.45) is -2.55. The van der Waals surface area contributed by atoms with Crippen LogP contribution in [-0.4, -0.2) is 39.9 Å². The molecule has 0 aliphatic heterocycles. The van der Waals surface area contributed by atoms with E-state index in [1.807, 2.05) is 0 Å². The summed E-state index contributed by atoms with van der Waals surface area (Å²) in [6.45, 7) is 4.75. The molecule has 0 heterocycles. The molecule has 0 radical (unpaired) electrons. The Hall–Kier alpha value is -0.160. The molecule has 4 nitrogen and oxygen atoms in total. The molecule has 0 amide bonds. The maximum Gasteiger partial charge on any atom is 0.183 e.